The molecule has 1 aromatic heterocycles. The largest absolute Gasteiger partial charge is 0.327 e. The summed E-state index contributed by atoms with van der Waals surface area (Å²) in [6.07, 6.45) is 5.02. The number of rotatable bonds is 3. The lowest BCUT2D eigenvalue weighted by Gasteiger charge is -2.20. The Kier molecular flexibility index (Phi) is 4.01. The highest BCUT2D eigenvalue weighted by molar-refractivity contribution is 6.35. The van der Waals surface area contributed by atoms with Crippen LogP contribution in [-0.2, 0) is 0 Å². The van der Waals surface area contributed by atoms with Crippen molar-refractivity contribution in [2.45, 2.75) is 25.3 Å². The average Bonchev–Trinajstić information content (AvgIpc) is 3.09. The maximum Gasteiger partial charge on any atom is 0.0953 e. The van der Waals surface area contributed by atoms with Crippen LogP contribution < -0.4 is 5.32 Å². The summed E-state index contributed by atoms with van der Waals surface area (Å²) in [5.41, 5.74) is 2.34. The van der Waals surface area contributed by atoms with E-state index in [0.29, 0.717) is 16.0 Å². The molecule has 5 heteroatoms. The van der Waals surface area contributed by atoms with E-state index >= 15 is 0 Å². The molecule has 2 heterocycles. The van der Waals surface area contributed by atoms with Gasteiger partial charge in [-0.15, -0.1) is 0 Å². The molecule has 3 nitrogen and oxygen atoms in total. The van der Waals surface area contributed by atoms with Crippen molar-refractivity contribution in [3.8, 4) is 0 Å². The molecular weight excluding hydrogens is 293 g/mol. The first-order valence-electron chi connectivity index (χ1n) is 6.84. The van der Waals surface area contributed by atoms with E-state index in [0.717, 1.165) is 25.1 Å². The number of imidazole rings is 1. The van der Waals surface area contributed by atoms with E-state index in [9.17, 15) is 0 Å². The molecular formula is C15H17Cl2N3. The van der Waals surface area contributed by atoms with E-state index in [1.165, 1.54) is 5.69 Å². The molecule has 1 saturated heterocycles. The quantitative estimate of drug-likeness (QED) is 0.932. The summed E-state index contributed by atoms with van der Waals surface area (Å²) in [5, 5.41) is 4.77. The van der Waals surface area contributed by atoms with Crippen LogP contribution in [0.15, 0.2) is 30.7 Å². The maximum atomic E-state index is 6.32. The standard InChI is InChI=1S/C15H17Cl2N3/c1-10(13-3-2-12(16)6-14(13)17)20-9-19-8-15(20)11-4-5-18-7-11/h2-3,6,8-11,18H,4-5,7H2,1H3. The number of hydrogen-bond acceptors (Lipinski definition) is 2. The summed E-state index contributed by atoms with van der Waals surface area (Å²) in [6, 6.07) is 5.82. The summed E-state index contributed by atoms with van der Waals surface area (Å²) in [7, 11) is 0. The first-order chi connectivity index (χ1) is 9.66. The molecule has 1 N–H and O–H groups in total. The van der Waals surface area contributed by atoms with Crippen molar-refractivity contribution in [2.24, 2.45) is 0 Å². The van der Waals surface area contributed by atoms with Gasteiger partial charge in [0.15, 0.2) is 0 Å². The lowest BCUT2D eigenvalue weighted by atomic mass is 10.0. The zero-order valence-electron chi connectivity index (χ0n) is 11.3. The maximum absolute atomic E-state index is 6.32. The average molecular weight is 310 g/mol. The van der Waals surface area contributed by atoms with Crippen molar-refractivity contribution in [3.63, 3.8) is 0 Å². The van der Waals surface area contributed by atoms with Gasteiger partial charge in [-0.2, -0.15) is 0 Å². The van der Waals surface area contributed by atoms with Crippen molar-refractivity contribution in [1.82, 2.24) is 14.9 Å². The smallest absolute Gasteiger partial charge is 0.0953 e. The Labute approximate surface area is 128 Å². The fraction of sp³-hybridized carbons (Fsp3) is 0.400. The number of nitrogens with one attached hydrogen (secondary N) is 1. The Balaban J connectivity index is 1.94. The van der Waals surface area contributed by atoms with Gasteiger partial charge in [-0.05, 0) is 37.6 Å². The highest BCUT2D eigenvalue weighted by atomic mass is 35.5. The van der Waals surface area contributed by atoms with Crippen LogP contribution in [0, 0.1) is 0 Å². The summed E-state index contributed by atoms with van der Waals surface area (Å²) >= 11 is 12.3. The molecule has 2 aromatic rings. The van der Waals surface area contributed by atoms with Gasteiger partial charge < -0.3 is 9.88 Å². The van der Waals surface area contributed by atoms with Crippen molar-refractivity contribution in [1.29, 1.82) is 0 Å². The number of halogens is 2. The normalized spacial score (nSPS) is 20.2. The van der Waals surface area contributed by atoms with Crippen LogP contribution >= 0.6 is 23.2 Å². The van der Waals surface area contributed by atoms with Gasteiger partial charge in [0, 0.05) is 34.4 Å². The van der Waals surface area contributed by atoms with Gasteiger partial charge in [0.05, 0.1) is 12.4 Å². The van der Waals surface area contributed by atoms with Crippen molar-refractivity contribution in [2.75, 3.05) is 13.1 Å². The second-order valence-electron chi connectivity index (χ2n) is 5.26. The first-order valence-corrected chi connectivity index (χ1v) is 7.60. The minimum atomic E-state index is 0.151. The molecule has 0 aliphatic carbocycles. The van der Waals surface area contributed by atoms with Crippen molar-refractivity contribution >= 4 is 23.2 Å². The molecule has 0 saturated carbocycles. The van der Waals surface area contributed by atoms with Crippen LogP contribution in [0.3, 0.4) is 0 Å². The van der Waals surface area contributed by atoms with Gasteiger partial charge >= 0.3 is 0 Å². The summed E-state index contributed by atoms with van der Waals surface area (Å²) in [4.78, 5) is 4.33. The van der Waals surface area contributed by atoms with Crippen LogP contribution in [0.5, 0.6) is 0 Å². The predicted octanol–water partition coefficient (Wildman–Crippen LogP) is 3.88. The lowest BCUT2D eigenvalue weighted by Crippen LogP contribution is -2.14. The number of nitrogens with zero attached hydrogens (tertiary/aromatic N) is 2. The van der Waals surface area contributed by atoms with Gasteiger partial charge in [-0.1, -0.05) is 29.3 Å². The van der Waals surface area contributed by atoms with E-state index in [1.54, 1.807) is 6.07 Å². The summed E-state index contributed by atoms with van der Waals surface area (Å²) < 4.78 is 2.22. The SMILES string of the molecule is CC(c1ccc(Cl)cc1Cl)n1cncc1C1CCNC1. The number of hydrogen-bond donors (Lipinski definition) is 1. The van der Waals surface area contributed by atoms with Crippen LogP contribution in [0.25, 0.3) is 0 Å². The van der Waals surface area contributed by atoms with Gasteiger partial charge in [0.25, 0.3) is 0 Å². The third-order valence-corrected chi connectivity index (χ3v) is 4.57. The Morgan fingerprint density at radius 1 is 1.40 bits per heavy atom. The van der Waals surface area contributed by atoms with E-state index in [-0.39, 0.29) is 6.04 Å². The third-order valence-electron chi connectivity index (χ3n) is 4.00. The van der Waals surface area contributed by atoms with E-state index in [1.807, 2.05) is 24.7 Å². The molecule has 2 unspecified atom stereocenters. The Morgan fingerprint density at radius 3 is 2.95 bits per heavy atom. The molecule has 0 bridgehead atoms. The molecule has 20 heavy (non-hydrogen) atoms. The van der Waals surface area contributed by atoms with Crippen LogP contribution in [-0.4, -0.2) is 22.6 Å². The molecule has 1 aliphatic rings. The fourth-order valence-corrected chi connectivity index (χ4v) is 3.42. The molecule has 3 rings (SSSR count). The van der Waals surface area contributed by atoms with Gasteiger partial charge in [0.2, 0.25) is 0 Å². The Hall–Kier alpha value is -1.03. The molecule has 2 atom stereocenters. The minimum Gasteiger partial charge on any atom is -0.327 e. The second kappa shape index (κ2) is 5.76. The zero-order chi connectivity index (χ0) is 14.1. The highest BCUT2D eigenvalue weighted by Crippen LogP contribution is 2.31. The molecule has 1 fully saturated rings. The second-order valence-corrected chi connectivity index (χ2v) is 6.10. The molecule has 0 spiro atoms. The molecule has 1 aliphatic heterocycles. The lowest BCUT2D eigenvalue weighted by molar-refractivity contribution is 0.574. The molecule has 106 valence electrons. The fourth-order valence-electron chi connectivity index (χ4n) is 2.85. The monoisotopic (exact) mass is 309 g/mol. The van der Waals surface area contributed by atoms with Crippen LogP contribution in [0.4, 0.5) is 0 Å². The topological polar surface area (TPSA) is 29.9 Å². The minimum absolute atomic E-state index is 0.151. The van der Waals surface area contributed by atoms with E-state index < -0.39 is 0 Å². The van der Waals surface area contributed by atoms with Gasteiger partial charge in [-0.3, -0.25) is 0 Å². The number of benzene rings is 1. The molecule has 0 radical (unpaired) electrons. The van der Waals surface area contributed by atoms with Crippen molar-refractivity contribution < 1.29 is 0 Å². The highest BCUT2D eigenvalue weighted by Gasteiger charge is 2.23. The summed E-state index contributed by atoms with van der Waals surface area (Å²) in [5.74, 6) is 0.533. The molecule has 1 aromatic carbocycles. The van der Waals surface area contributed by atoms with Gasteiger partial charge in [0.1, 0.15) is 0 Å². The Bertz CT molecular complexity index is 603. The zero-order valence-corrected chi connectivity index (χ0v) is 12.8. The van der Waals surface area contributed by atoms with Crippen LogP contribution in [0.1, 0.15) is 36.6 Å². The summed E-state index contributed by atoms with van der Waals surface area (Å²) in [6.45, 7) is 4.24. The van der Waals surface area contributed by atoms with E-state index in [2.05, 4.69) is 21.8 Å². The Morgan fingerprint density at radius 2 is 2.25 bits per heavy atom. The van der Waals surface area contributed by atoms with Crippen LogP contribution in [0.2, 0.25) is 10.0 Å². The van der Waals surface area contributed by atoms with E-state index in [4.69, 9.17) is 23.2 Å². The van der Waals surface area contributed by atoms with Gasteiger partial charge in [-0.25, -0.2) is 4.98 Å². The number of aromatic nitrogens is 2. The molecule has 0 amide bonds. The van der Waals surface area contributed by atoms with Crippen molar-refractivity contribution in [3.05, 3.63) is 52.0 Å². The third kappa shape index (κ3) is 2.58. The predicted molar refractivity (Wildman–Crippen MR) is 82.7 cm³/mol. The first kappa shape index (κ1) is 13.9.